The third-order valence-electron chi connectivity index (χ3n) is 2.62. The molecule has 74 valence electrons. The van der Waals surface area contributed by atoms with Gasteiger partial charge in [-0.25, -0.2) is 0 Å². The van der Waals surface area contributed by atoms with Gasteiger partial charge in [0.2, 0.25) is 0 Å². The van der Waals surface area contributed by atoms with Gasteiger partial charge in [-0.05, 0) is 33.0 Å². The van der Waals surface area contributed by atoms with Gasteiger partial charge in [-0.15, -0.1) is 0 Å². The highest BCUT2D eigenvalue weighted by atomic mass is 15.1. The van der Waals surface area contributed by atoms with Crippen molar-refractivity contribution >= 4 is 0 Å². The molecule has 0 aromatic carbocycles. The highest BCUT2D eigenvalue weighted by Crippen LogP contribution is 2.16. The molecule has 0 aromatic rings. The van der Waals surface area contributed by atoms with Crippen LogP contribution in [0, 0.1) is 5.92 Å². The average Bonchev–Trinajstić information content (AvgIpc) is 2.05. The molecule has 0 fully saturated rings. The molecule has 0 radical (unpaired) electrons. The molecule has 2 nitrogen and oxygen atoms in total. The van der Waals surface area contributed by atoms with Gasteiger partial charge in [0.05, 0.1) is 0 Å². The molecule has 0 aliphatic carbocycles. The van der Waals surface area contributed by atoms with E-state index in [0.29, 0.717) is 12.0 Å². The number of rotatable bonds is 6. The third-order valence-corrected chi connectivity index (χ3v) is 2.62. The van der Waals surface area contributed by atoms with Crippen molar-refractivity contribution in [2.75, 3.05) is 20.6 Å². The summed E-state index contributed by atoms with van der Waals surface area (Å²) in [6, 6.07) is 0.671. The number of hydrogen-bond donors (Lipinski definition) is 1. The lowest BCUT2D eigenvalue weighted by molar-refractivity contribution is 0.195. The quantitative estimate of drug-likeness (QED) is 0.661. The van der Waals surface area contributed by atoms with Crippen molar-refractivity contribution in [1.82, 2.24) is 4.90 Å². The van der Waals surface area contributed by atoms with Crippen molar-refractivity contribution in [3.05, 3.63) is 0 Å². The summed E-state index contributed by atoms with van der Waals surface area (Å²) in [6.45, 7) is 5.28. The predicted molar refractivity (Wildman–Crippen MR) is 55.2 cm³/mol. The molecule has 2 unspecified atom stereocenters. The van der Waals surface area contributed by atoms with Gasteiger partial charge in [-0.3, -0.25) is 0 Å². The first-order chi connectivity index (χ1) is 5.67. The summed E-state index contributed by atoms with van der Waals surface area (Å²) < 4.78 is 0. The fraction of sp³-hybridized carbons (Fsp3) is 1.00. The van der Waals surface area contributed by atoms with Crippen LogP contribution >= 0.6 is 0 Å². The van der Waals surface area contributed by atoms with E-state index in [1.165, 1.54) is 19.3 Å². The Balaban J connectivity index is 4.05. The molecule has 0 aliphatic heterocycles. The summed E-state index contributed by atoms with van der Waals surface area (Å²) in [5, 5.41) is 0. The molecule has 0 rings (SSSR count). The Bertz CT molecular complexity index is 98.0. The van der Waals surface area contributed by atoms with Crippen LogP contribution in [0.1, 0.15) is 33.1 Å². The summed E-state index contributed by atoms with van der Waals surface area (Å²) in [7, 11) is 4.30. The lowest BCUT2D eigenvalue weighted by Crippen LogP contribution is -2.38. The summed E-state index contributed by atoms with van der Waals surface area (Å²) in [5.41, 5.74) is 5.73. The minimum atomic E-state index is 0.667. The van der Waals surface area contributed by atoms with Gasteiger partial charge in [0.1, 0.15) is 0 Å². The van der Waals surface area contributed by atoms with Crippen LogP contribution in [0.4, 0.5) is 0 Å². The highest BCUT2D eigenvalue weighted by Gasteiger charge is 2.19. The normalized spacial score (nSPS) is 16.5. The zero-order valence-corrected chi connectivity index (χ0v) is 9.01. The second-order valence-corrected chi connectivity index (χ2v) is 3.72. The van der Waals surface area contributed by atoms with Gasteiger partial charge < -0.3 is 10.6 Å². The molecule has 2 atom stereocenters. The van der Waals surface area contributed by atoms with Crippen LogP contribution in [0.25, 0.3) is 0 Å². The highest BCUT2D eigenvalue weighted by molar-refractivity contribution is 4.75. The average molecular weight is 172 g/mol. The molecule has 0 aromatic heterocycles. The maximum Gasteiger partial charge on any atom is 0.0129 e. The first-order valence-electron chi connectivity index (χ1n) is 5.03. The summed E-state index contributed by atoms with van der Waals surface area (Å²) >= 11 is 0. The molecule has 0 aliphatic rings. The van der Waals surface area contributed by atoms with Crippen LogP contribution in [0.15, 0.2) is 0 Å². The Labute approximate surface area is 77.1 Å². The van der Waals surface area contributed by atoms with Crippen molar-refractivity contribution in [2.24, 2.45) is 11.7 Å². The molecule has 0 spiro atoms. The fourth-order valence-corrected chi connectivity index (χ4v) is 1.81. The van der Waals surface area contributed by atoms with Gasteiger partial charge in [0.15, 0.2) is 0 Å². The van der Waals surface area contributed by atoms with E-state index in [-0.39, 0.29) is 0 Å². The summed E-state index contributed by atoms with van der Waals surface area (Å²) in [4.78, 5) is 2.31. The van der Waals surface area contributed by atoms with Gasteiger partial charge in [-0.1, -0.05) is 26.7 Å². The zero-order valence-electron chi connectivity index (χ0n) is 9.01. The van der Waals surface area contributed by atoms with E-state index in [4.69, 9.17) is 5.73 Å². The van der Waals surface area contributed by atoms with Gasteiger partial charge >= 0.3 is 0 Å². The topological polar surface area (TPSA) is 29.3 Å². The van der Waals surface area contributed by atoms with E-state index in [2.05, 4.69) is 32.8 Å². The van der Waals surface area contributed by atoms with Crippen molar-refractivity contribution in [1.29, 1.82) is 0 Å². The maximum atomic E-state index is 5.73. The fourth-order valence-electron chi connectivity index (χ4n) is 1.81. The van der Waals surface area contributed by atoms with Crippen molar-refractivity contribution in [3.8, 4) is 0 Å². The molecule has 0 bridgehead atoms. The Morgan fingerprint density at radius 1 is 1.25 bits per heavy atom. The molecule has 0 amide bonds. The van der Waals surface area contributed by atoms with E-state index < -0.39 is 0 Å². The van der Waals surface area contributed by atoms with Crippen LogP contribution in [0.3, 0.4) is 0 Å². The maximum absolute atomic E-state index is 5.73. The Morgan fingerprint density at radius 3 is 2.08 bits per heavy atom. The Kier molecular flexibility index (Phi) is 6.39. The third kappa shape index (κ3) is 3.55. The number of nitrogens with zero attached hydrogens (tertiary/aromatic N) is 1. The van der Waals surface area contributed by atoms with Gasteiger partial charge in [0.25, 0.3) is 0 Å². The zero-order chi connectivity index (χ0) is 9.56. The smallest absolute Gasteiger partial charge is 0.0129 e. The first kappa shape index (κ1) is 11.9. The molecular weight excluding hydrogens is 148 g/mol. The standard InChI is InChI=1S/C10H24N2/c1-5-7-10(12(3)4)9(6-2)8-11/h9-10H,5-8,11H2,1-4H3. The van der Waals surface area contributed by atoms with Crippen molar-refractivity contribution in [2.45, 2.75) is 39.2 Å². The lowest BCUT2D eigenvalue weighted by atomic mass is 9.93. The monoisotopic (exact) mass is 172 g/mol. The van der Waals surface area contributed by atoms with Crippen LogP contribution < -0.4 is 5.73 Å². The van der Waals surface area contributed by atoms with Gasteiger partial charge in [-0.2, -0.15) is 0 Å². The largest absolute Gasteiger partial charge is 0.330 e. The molecule has 12 heavy (non-hydrogen) atoms. The summed E-state index contributed by atoms with van der Waals surface area (Å²) in [6.07, 6.45) is 3.71. The van der Waals surface area contributed by atoms with Crippen LogP contribution in [0.2, 0.25) is 0 Å². The van der Waals surface area contributed by atoms with E-state index in [1.54, 1.807) is 0 Å². The Morgan fingerprint density at radius 2 is 1.83 bits per heavy atom. The van der Waals surface area contributed by atoms with E-state index >= 15 is 0 Å². The molecule has 0 saturated carbocycles. The minimum Gasteiger partial charge on any atom is -0.330 e. The predicted octanol–water partition coefficient (Wildman–Crippen LogP) is 1.70. The first-order valence-corrected chi connectivity index (χ1v) is 5.03. The van der Waals surface area contributed by atoms with Crippen LogP contribution in [-0.2, 0) is 0 Å². The molecular formula is C10H24N2. The molecule has 0 saturated heterocycles. The van der Waals surface area contributed by atoms with E-state index in [1.807, 2.05) is 0 Å². The summed E-state index contributed by atoms with van der Waals surface area (Å²) in [5.74, 6) is 0.667. The van der Waals surface area contributed by atoms with Crippen molar-refractivity contribution < 1.29 is 0 Å². The number of hydrogen-bond acceptors (Lipinski definition) is 2. The Hall–Kier alpha value is -0.0800. The molecule has 0 heterocycles. The lowest BCUT2D eigenvalue weighted by Gasteiger charge is -2.30. The molecule has 2 N–H and O–H groups in total. The van der Waals surface area contributed by atoms with E-state index in [0.717, 1.165) is 6.54 Å². The van der Waals surface area contributed by atoms with Crippen molar-refractivity contribution in [3.63, 3.8) is 0 Å². The van der Waals surface area contributed by atoms with E-state index in [9.17, 15) is 0 Å². The van der Waals surface area contributed by atoms with Gasteiger partial charge in [0, 0.05) is 6.04 Å². The molecule has 2 heteroatoms. The minimum absolute atomic E-state index is 0.667. The second kappa shape index (κ2) is 6.44. The number of nitrogens with two attached hydrogens (primary N) is 1. The SMILES string of the molecule is CCCC(C(CC)CN)N(C)C. The van der Waals surface area contributed by atoms with Crippen LogP contribution in [-0.4, -0.2) is 31.6 Å². The second-order valence-electron chi connectivity index (χ2n) is 3.72. The van der Waals surface area contributed by atoms with Crippen LogP contribution in [0.5, 0.6) is 0 Å².